The lowest BCUT2D eigenvalue weighted by Gasteiger charge is -2.01. The molecule has 0 aliphatic carbocycles. The summed E-state index contributed by atoms with van der Waals surface area (Å²) in [5.74, 6) is -0.720. The monoisotopic (exact) mass is 322 g/mol. The minimum Gasteiger partial charge on any atom is -0.472 e. The summed E-state index contributed by atoms with van der Waals surface area (Å²) >= 11 is 3.23. The van der Waals surface area contributed by atoms with Gasteiger partial charge >= 0.3 is 0 Å². The number of halogens is 2. The van der Waals surface area contributed by atoms with E-state index in [4.69, 9.17) is 4.42 Å². The molecule has 0 fully saturated rings. The van der Waals surface area contributed by atoms with E-state index >= 15 is 0 Å². The number of rotatable bonds is 2. The predicted molar refractivity (Wildman–Crippen MR) is 70.6 cm³/mol. The van der Waals surface area contributed by atoms with Crippen molar-refractivity contribution in [3.63, 3.8) is 0 Å². The second-order valence-corrected chi connectivity index (χ2v) is 4.99. The molecule has 0 aliphatic rings. The van der Waals surface area contributed by atoms with Gasteiger partial charge in [-0.1, -0.05) is 0 Å². The molecule has 0 N–H and O–H groups in total. The van der Waals surface area contributed by atoms with E-state index in [0.29, 0.717) is 15.7 Å². The second kappa shape index (κ2) is 4.31. The Hall–Kier alpha value is -1.95. The van der Waals surface area contributed by atoms with Gasteiger partial charge in [0, 0.05) is 23.2 Å². The third kappa shape index (κ3) is 1.88. The van der Waals surface area contributed by atoms with Crippen molar-refractivity contribution in [2.75, 3.05) is 0 Å². The molecule has 0 unspecified atom stereocenters. The molecular weight excluding hydrogens is 315 g/mol. The fraction of sp³-hybridized carbons (Fsp3) is 0.0769. The maximum Gasteiger partial charge on any atom is 0.180 e. The van der Waals surface area contributed by atoms with Crippen LogP contribution in [0.3, 0.4) is 0 Å². The van der Waals surface area contributed by atoms with E-state index in [1.165, 1.54) is 25.5 Å². The minimum atomic E-state index is -0.494. The van der Waals surface area contributed by atoms with Crippen molar-refractivity contribution in [1.82, 2.24) is 9.38 Å². The fourth-order valence-electron chi connectivity index (χ4n) is 1.99. The lowest BCUT2D eigenvalue weighted by Crippen LogP contribution is -1.96. The molecule has 19 heavy (non-hydrogen) atoms. The second-order valence-electron chi connectivity index (χ2n) is 4.08. The van der Waals surface area contributed by atoms with Crippen LogP contribution < -0.4 is 0 Å². The standard InChI is InChI=1S/C13H8BrFN2O2/c1-7(18)11-12(8-2-3-19-6-8)17-5-9(14)4-10(15)13(17)16-11/h2-6H,1H3. The number of carbonyl (C=O) groups is 1. The molecule has 3 aromatic heterocycles. The zero-order chi connectivity index (χ0) is 13.6. The first-order chi connectivity index (χ1) is 9.08. The van der Waals surface area contributed by atoms with Gasteiger partial charge in [0.15, 0.2) is 17.2 Å². The van der Waals surface area contributed by atoms with E-state index in [1.807, 2.05) is 0 Å². The quantitative estimate of drug-likeness (QED) is 0.676. The van der Waals surface area contributed by atoms with Gasteiger partial charge in [0.05, 0.1) is 18.2 Å². The first-order valence-corrected chi connectivity index (χ1v) is 6.28. The maximum absolute atomic E-state index is 13.9. The highest BCUT2D eigenvalue weighted by molar-refractivity contribution is 9.10. The molecule has 6 heteroatoms. The number of Topliss-reactive ketones (excluding diaryl/α,β-unsaturated/α-hetero) is 1. The van der Waals surface area contributed by atoms with E-state index in [-0.39, 0.29) is 17.1 Å². The van der Waals surface area contributed by atoms with Gasteiger partial charge in [-0.15, -0.1) is 0 Å². The zero-order valence-corrected chi connectivity index (χ0v) is 11.4. The van der Waals surface area contributed by atoms with Crippen LogP contribution in [-0.2, 0) is 0 Å². The van der Waals surface area contributed by atoms with Crippen LogP contribution in [0.4, 0.5) is 4.39 Å². The van der Waals surface area contributed by atoms with Gasteiger partial charge < -0.3 is 4.42 Å². The predicted octanol–water partition coefficient (Wildman–Crippen LogP) is 3.70. The lowest BCUT2D eigenvalue weighted by molar-refractivity contribution is 0.101. The molecule has 0 saturated carbocycles. The van der Waals surface area contributed by atoms with Crippen molar-refractivity contribution in [3.8, 4) is 11.3 Å². The Balaban J connectivity index is 2.46. The molecule has 96 valence electrons. The highest BCUT2D eigenvalue weighted by atomic mass is 79.9. The zero-order valence-electron chi connectivity index (χ0n) is 9.85. The topological polar surface area (TPSA) is 47.5 Å². The maximum atomic E-state index is 13.9. The summed E-state index contributed by atoms with van der Waals surface area (Å²) in [4.78, 5) is 15.8. The largest absolute Gasteiger partial charge is 0.472 e. The minimum absolute atomic E-state index is 0.115. The van der Waals surface area contributed by atoms with Crippen molar-refractivity contribution in [1.29, 1.82) is 0 Å². The highest BCUT2D eigenvalue weighted by Gasteiger charge is 2.20. The Morgan fingerprint density at radius 1 is 1.53 bits per heavy atom. The van der Waals surface area contributed by atoms with Gasteiger partial charge in [-0.2, -0.15) is 0 Å². The van der Waals surface area contributed by atoms with Gasteiger partial charge in [0.1, 0.15) is 5.69 Å². The number of imidazole rings is 1. The van der Waals surface area contributed by atoms with E-state index in [9.17, 15) is 9.18 Å². The van der Waals surface area contributed by atoms with Gasteiger partial charge in [-0.3, -0.25) is 9.20 Å². The molecule has 0 bridgehead atoms. The summed E-state index contributed by atoms with van der Waals surface area (Å²) in [6.07, 6.45) is 4.65. The van der Waals surface area contributed by atoms with E-state index in [1.54, 1.807) is 16.7 Å². The van der Waals surface area contributed by atoms with Gasteiger partial charge in [0.25, 0.3) is 0 Å². The molecule has 0 aromatic carbocycles. The van der Waals surface area contributed by atoms with Crippen LogP contribution in [0, 0.1) is 5.82 Å². The Kier molecular flexibility index (Phi) is 2.74. The number of furan rings is 1. The SMILES string of the molecule is CC(=O)c1nc2c(F)cc(Br)cn2c1-c1ccoc1. The molecule has 3 rings (SSSR count). The normalized spacial score (nSPS) is 11.1. The number of aromatic nitrogens is 2. The Labute approximate surface area is 116 Å². The van der Waals surface area contributed by atoms with Gasteiger partial charge in [0.2, 0.25) is 0 Å². The van der Waals surface area contributed by atoms with Gasteiger partial charge in [-0.05, 0) is 28.1 Å². The Bertz CT molecular complexity index is 778. The number of fused-ring (bicyclic) bond motifs is 1. The smallest absolute Gasteiger partial charge is 0.180 e. The third-order valence-corrected chi connectivity index (χ3v) is 3.20. The van der Waals surface area contributed by atoms with Crippen LogP contribution in [0.2, 0.25) is 0 Å². The number of nitrogens with zero attached hydrogens (tertiary/aromatic N) is 2. The van der Waals surface area contributed by atoms with Crippen LogP contribution in [0.15, 0.2) is 39.7 Å². The van der Waals surface area contributed by atoms with Crippen LogP contribution >= 0.6 is 15.9 Å². The van der Waals surface area contributed by atoms with Crippen molar-refractivity contribution in [2.45, 2.75) is 6.92 Å². The van der Waals surface area contributed by atoms with Crippen molar-refractivity contribution >= 4 is 27.4 Å². The van der Waals surface area contributed by atoms with Crippen molar-refractivity contribution in [2.24, 2.45) is 0 Å². The van der Waals surface area contributed by atoms with Crippen molar-refractivity contribution in [3.05, 3.63) is 46.8 Å². The molecule has 0 radical (unpaired) electrons. The molecule has 0 aliphatic heterocycles. The summed E-state index contributed by atoms with van der Waals surface area (Å²) in [6.45, 7) is 1.40. The fourth-order valence-corrected chi connectivity index (χ4v) is 2.40. The van der Waals surface area contributed by atoms with Crippen LogP contribution in [0.1, 0.15) is 17.4 Å². The summed E-state index contributed by atoms with van der Waals surface area (Å²) < 4.78 is 21.0. The molecular formula is C13H8BrFN2O2. The van der Waals surface area contributed by atoms with E-state index in [0.717, 1.165) is 0 Å². The molecule has 3 aromatic rings. The number of hydrogen-bond acceptors (Lipinski definition) is 3. The molecule has 4 nitrogen and oxygen atoms in total. The summed E-state index contributed by atoms with van der Waals surface area (Å²) in [5.41, 5.74) is 1.54. The number of hydrogen-bond donors (Lipinski definition) is 0. The first-order valence-electron chi connectivity index (χ1n) is 5.48. The number of pyridine rings is 1. The van der Waals surface area contributed by atoms with Crippen LogP contribution in [0.5, 0.6) is 0 Å². The average Bonchev–Trinajstić information content (AvgIpc) is 2.93. The van der Waals surface area contributed by atoms with E-state index in [2.05, 4.69) is 20.9 Å². The first kappa shape index (κ1) is 12.1. The van der Waals surface area contributed by atoms with Crippen LogP contribution in [0.25, 0.3) is 16.9 Å². The molecule has 0 spiro atoms. The van der Waals surface area contributed by atoms with E-state index < -0.39 is 5.82 Å². The molecule has 3 heterocycles. The lowest BCUT2D eigenvalue weighted by atomic mass is 10.1. The average molecular weight is 323 g/mol. The number of ketones is 1. The molecule has 0 saturated heterocycles. The van der Waals surface area contributed by atoms with Gasteiger partial charge in [-0.25, -0.2) is 9.37 Å². The summed E-state index contributed by atoms with van der Waals surface area (Å²) in [6, 6.07) is 3.01. The molecule has 0 amide bonds. The Morgan fingerprint density at radius 3 is 2.95 bits per heavy atom. The van der Waals surface area contributed by atoms with Crippen LogP contribution in [-0.4, -0.2) is 15.2 Å². The summed E-state index contributed by atoms with van der Waals surface area (Å²) in [5, 5.41) is 0. The number of carbonyl (C=O) groups excluding carboxylic acids is 1. The highest BCUT2D eigenvalue weighted by Crippen LogP contribution is 2.28. The molecule has 0 atom stereocenters. The third-order valence-electron chi connectivity index (χ3n) is 2.77. The summed E-state index contributed by atoms with van der Waals surface area (Å²) in [7, 11) is 0. The Morgan fingerprint density at radius 2 is 2.32 bits per heavy atom. The van der Waals surface area contributed by atoms with Crippen molar-refractivity contribution < 1.29 is 13.6 Å².